The van der Waals surface area contributed by atoms with Gasteiger partial charge in [-0.15, -0.1) is 0 Å². The summed E-state index contributed by atoms with van der Waals surface area (Å²) in [6.07, 6.45) is 3.25. The SMILES string of the molecule is CC(=O)N1CCN(S(=O)(=O)c2ccc(Nc3nccc(Nc4ccnc(-c5cccc(C)n5)n4)n3)cc2)CC1. The van der Waals surface area contributed by atoms with Crippen LogP contribution >= 0.6 is 0 Å². The van der Waals surface area contributed by atoms with Gasteiger partial charge in [0.25, 0.3) is 0 Å². The van der Waals surface area contributed by atoms with Crippen LogP contribution in [0.25, 0.3) is 11.5 Å². The summed E-state index contributed by atoms with van der Waals surface area (Å²) < 4.78 is 27.5. The molecule has 13 heteroatoms. The molecule has 0 bridgehead atoms. The first-order chi connectivity index (χ1) is 18.8. The van der Waals surface area contributed by atoms with Crippen LogP contribution in [0, 0.1) is 6.92 Å². The largest absolute Gasteiger partial charge is 0.340 e. The number of amides is 1. The molecule has 1 aliphatic rings. The van der Waals surface area contributed by atoms with E-state index in [4.69, 9.17) is 0 Å². The van der Waals surface area contributed by atoms with Crippen molar-refractivity contribution >= 4 is 39.2 Å². The van der Waals surface area contributed by atoms with Gasteiger partial charge in [0, 0.05) is 56.9 Å². The zero-order valence-electron chi connectivity index (χ0n) is 21.4. The number of carbonyl (C=O) groups excluding carboxylic acids is 1. The van der Waals surface area contributed by atoms with Gasteiger partial charge >= 0.3 is 0 Å². The van der Waals surface area contributed by atoms with Gasteiger partial charge in [-0.25, -0.2) is 28.4 Å². The minimum Gasteiger partial charge on any atom is -0.340 e. The highest BCUT2D eigenvalue weighted by atomic mass is 32.2. The average Bonchev–Trinajstić information content (AvgIpc) is 2.94. The second kappa shape index (κ2) is 11.1. The van der Waals surface area contributed by atoms with Crippen molar-refractivity contribution in [3.63, 3.8) is 0 Å². The Morgan fingerprint density at radius 2 is 1.51 bits per heavy atom. The quantitative estimate of drug-likeness (QED) is 0.355. The van der Waals surface area contributed by atoms with Crippen molar-refractivity contribution in [1.82, 2.24) is 34.1 Å². The van der Waals surface area contributed by atoms with Gasteiger partial charge in [0.2, 0.25) is 21.9 Å². The van der Waals surface area contributed by atoms with Crippen LogP contribution in [0.5, 0.6) is 0 Å². The first kappa shape index (κ1) is 26.1. The number of aryl methyl sites for hydroxylation is 1. The predicted octanol–water partition coefficient (Wildman–Crippen LogP) is 2.98. The molecule has 5 rings (SSSR count). The summed E-state index contributed by atoms with van der Waals surface area (Å²) in [4.78, 5) is 35.4. The van der Waals surface area contributed by atoms with E-state index in [1.54, 1.807) is 53.7 Å². The molecule has 0 aliphatic carbocycles. The number of nitrogens with zero attached hydrogens (tertiary/aromatic N) is 7. The minimum atomic E-state index is -3.66. The van der Waals surface area contributed by atoms with Crippen LogP contribution in [0.3, 0.4) is 0 Å². The lowest BCUT2D eigenvalue weighted by Crippen LogP contribution is -2.49. The standard InChI is InChI=1S/C26H27N9O3S/c1-18-4-3-5-22(29-18)25-27-12-10-23(32-25)31-24-11-13-28-26(33-24)30-20-6-8-21(9-7-20)39(37,38)35-16-14-34(15-17-35)19(2)36/h3-13H,14-17H2,1-2H3,(H2,27,28,30,31,32,33). The fraction of sp³-hybridized carbons (Fsp3) is 0.231. The number of nitrogens with one attached hydrogen (secondary N) is 2. The Kier molecular flexibility index (Phi) is 7.43. The third-order valence-corrected chi connectivity index (χ3v) is 8.03. The Bertz CT molecular complexity index is 1590. The van der Waals surface area contributed by atoms with Crippen molar-refractivity contribution in [1.29, 1.82) is 0 Å². The van der Waals surface area contributed by atoms with E-state index in [1.165, 1.54) is 11.2 Å². The molecule has 12 nitrogen and oxygen atoms in total. The van der Waals surface area contributed by atoms with E-state index in [9.17, 15) is 13.2 Å². The first-order valence-corrected chi connectivity index (χ1v) is 13.7. The molecule has 0 spiro atoms. The highest BCUT2D eigenvalue weighted by Gasteiger charge is 2.29. The highest BCUT2D eigenvalue weighted by molar-refractivity contribution is 7.89. The molecule has 1 aliphatic heterocycles. The third kappa shape index (κ3) is 6.16. The van der Waals surface area contributed by atoms with Gasteiger partial charge in [-0.3, -0.25) is 4.79 Å². The van der Waals surface area contributed by atoms with Crippen LogP contribution in [-0.4, -0.2) is 74.6 Å². The summed E-state index contributed by atoms with van der Waals surface area (Å²) >= 11 is 0. The van der Waals surface area contributed by atoms with Crippen LogP contribution in [0.1, 0.15) is 12.6 Å². The number of piperazine rings is 1. The number of anilines is 4. The lowest BCUT2D eigenvalue weighted by Gasteiger charge is -2.33. The fourth-order valence-corrected chi connectivity index (χ4v) is 5.49. The molecule has 200 valence electrons. The van der Waals surface area contributed by atoms with Gasteiger partial charge in [-0.2, -0.15) is 9.29 Å². The van der Waals surface area contributed by atoms with Gasteiger partial charge < -0.3 is 15.5 Å². The van der Waals surface area contributed by atoms with Crippen molar-refractivity contribution in [2.45, 2.75) is 18.7 Å². The van der Waals surface area contributed by atoms with Crippen LogP contribution < -0.4 is 10.6 Å². The topological polar surface area (TPSA) is 146 Å². The van der Waals surface area contributed by atoms with E-state index < -0.39 is 10.0 Å². The summed E-state index contributed by atoms with van der Waals surface area (Å²) in [5, 5.41) is 6.24. The molecule has 1 amide bonds. The molecule has 0 atom stereocenters. The Hall–Kier alpha value is -4.49. The van der Waals surface area contributed by atoms with E-state index >= 15 is 0 Å². The number of hydrogen-bond acceptors (Lipinski definition) is 10. The summed E-state index contributed by atoms with van der Waals surface area (Å²) in [5.41, 5.74) is 2.17. The van der Waals surface area contributed by atoms with Gasteiger partial charge in [-0.05, 0) is 55.5 Å². The molecular weight excluding hydrogens is 518 g/mol. The third-order valence-electron chi connectivity index (χ3n) is 6.12. The molecule has 0 radical (unpaired) electrons. The molecule has 0 saturated carbocycles. The second-order valence-corrected chi connectivity index (χ2v) is 10.8. The van der Waals surface area contributed by atoms with E-state index in [2.05, 4.69) is 35.6 Å². The van der Waals surface area contributed by atoms with Gasteiger partial charge in [0.05, 0.1) is 4.90 Å². The Labute approximate surface area is 226 Å². The molecule has 1 aromatic carbocycles. The van der Waals surface area contributed by atoms with Crippen LogP contribution in [-0.2, 0) is 14.8 Å². The molecule has 1 saturated heterocycles. The maximum atomic E-state index is 13.0. The summed E-state index contributed by atoms with van der Waals surface area (Å²) in [5.74, 6) is 1.83. The smallest absolute Gasteiger partial charge is 0.243 e. The normalized spacial score (nSPS) is 14.2. The molecular formula is C26H27N9O3S. The second-order valence-electron chi connectivity index (χ2n) is 8.88. The first-order valence-electron chi connectivity index (χ1n) is 12.3. The number of benzene rings is 1. The lowest BCUT2D eigenvalue weighted by atomic mass is 10.3. The predicted molar refractivity (Wildman–Crippen MR) is 146 cm³/mol. The minimum absolute atomic E-state index is 0.0506. The van der Waals surface area contributed by atoms with Gasteiger partial charge in [0.1, 0.15) is 17.3 Å². The Balaban J connectivity index is 1.25. The van der Waals surface area contributed by atoms with Gasteiger partial charge in [0.15, 0.2) is 5.82 Å². The zero-order chi connectivity index (χ0) is 27.4. The molecule has 2 N–H and O–H groups in total. The fourth-order valence-electron chi connectivity index (χ4n) is 4.07. The van der Waals surface area contributed by atoms with Crippen molar-refractivity contribution in [3.05, 3.63) is 72.7 Å². The van der Waals surface area contributed by atoms with E-state index in [1.807, 2.05) is 25.1 Å². The lowest BCUT2D eigenvalue weighted by molar-refractivity contribution is -0.129. The van der Waals surface area contributed by atoms with E-state index in [0.29, 0.717) is 47.9 Å². The van der Waals surface area contributed by atoms with Crippen molar-refractivity contribution in [3.8, 4) is 11.5 Å². The highest BCUT2D eigenvalue weighted by Crippen LogP contribution is 2.22. The molecule has 1 fully saturated rings. The van der Waals surface area contributed by atoms with Crippen LogP contribution in [0.4, 0.5) is 23.3 Å². The molecule has 39 heavy (non-hydrogen) atoms. The van der Waals surface area contributed by atoms with Gasteiger partial charge in [-0.1, -0.05) is 6.07 Å². The van der Waals surface area contributed by atoms with Crippen molar-refractivity contribution < 1.29 is 13.2 Å². The number of sulfonamides is 1. The molecule has 4 aromatic rings. The van der Waals surface area contributed by atoms with Crippen molar-refractivity contribution in [2.75, 3.05) is 36.8 Å². The van der Waals surface area contributed by atoms with E-state index in [0.717, 1.165) is 5.69 Å². The number of carbonyl (C=O) groups is 1. The molecule has 4 heterocycles. The Morgan fingerprint density at radius 1 is 0.821 bits per heavy atom. The number of rotatable bonds is 7. The number of aromatic nitrogens is 5. The summed E-state index contributed by atoms with van der Waals surface area (Å²) in [6, 6.07) is 15.5. The molecule has 3 aromatic heterocycles. The Morgan fingerprint density at radius 3 is 2.21 bits per heavy atom. The monoisotopic (exact) mass is 545 g/mol. The summed E-state index contributed by atoms with van der Waals surface area (Å²) in [7, 11) is -3.66. The maximum Gasteiger partial charge on any atom is 0.243 e. The molecule has 0 unspecified atom stereocenters. The number of pyridine rings is 1. The number of hydrogen-bond donors (Lipinski definition) is 2. The van der Waals surface area contributed by atoms with Crippen molar-refractivity contribution in [2.24, 2.45) is 0 Å². The van der Waals surface area contributed by atoms with E-state index in [-0.39, 0.29) is 23.9 Å². The zero-order valence-corrected chi connectivity index (χ0v) is 22.3. The average molecular weight is 546 g/mol. The summed E-state index contributed by atoms with van der Waals surface area (Å²) in [6.45, 7) is 4.70. The maximum absolute atomic E-state index is 13.0. The van der Waals surface area contributed by atoms with Crippen LogP contribution in [0.15, 0.2) is 71.9 Å². The van der Waals surface area contributed by atoms with Crippen LogP contribution in [0.2, 0.25) is 0 Å².